The molecule has 152 valence electrons. The molecule has 1 aromatic carbocycles. The zero-order valence-electron chi connectivity index (χ0n) is 16.7. The molecule has 1 aromatic heterocycles. The minimum Gasteiger partial charge on any atom is -0.353 e. The molecule has 1 aliphatic carbocycles. The van der Waals surface area contributed by atoms with Crippen molar-refractivity contribution in [3.63, 3.8) is 0 Å². The Balaban J connectivity index is 1.15. The van der Waals surface area contributed by atoms with E-state index in [1.165, 1.54) is 5.56 Å². The van der Waals surface area contributed by atoms with Crippen LogP contribution in [-0.2, 0) is 11.2 Å². The predicted octanol–water partition coefficient (Wildman–Crippen LogP) is 3.62. The second-order valence-electron chi connectivity index (χ2n) is 7.86. The third kappa shape index (κ3) is 3.83. The third-order valence-electron chi connectivity index (χ3n) is 5.82. The second-order valence-corrected chi connectivity index (χ2v) is 7.86. The van der Waals surface area contributed by atoms with E-state index in [9.17, 15) is 4.79 Å². The Kier molecular flexibility index (Phi) is 5.01. The molecule has 1 amide bonds. The molecule has 0 unspecified atom stereocenters. The van der Waals surface area contributed by atoms with Crippen LogP contribution in [0.25, 0.3) is 22.8 Å². The fraction of sp³-hybridized carbons (Fsp3) is 0.304. The van der Waals surface area contributed by atoms with Gasteiger partial charge < -0.3 is 9.88 Å². The SMILES string of the molecule is O=C(Cc1nc(-c2ccccc2)n[nH]1)NC1CCC(n2cccc3ccnc2-3)CC1. The molecule has 0 bridgehead atoms. The Morgan fingerprint density at radius 1 is 1.03 bits per heavy atom. The van der Waals surface area contributed by atoms with Gasteiger partial charge in [-0.15, -0.1) is 0 Å². The minimum absolute atomic E-state index is 0.0123. The number of fused-ring (bicyclic) bond motifs is 1. The summed E-state index contributed by atoms with van der Waals surface area (Å²) in [5.74, 6) is 2.24. The third-order valence-corrected chi connectivity index (χ3v) is 5.82. The van der Waals surface area contributed by atoms with Crippen molar-refractivity contribution in [3.8, 4) is 22.8 Å². The van der Waals surface area contributed by atoms with Crippen LogP contribution in [0.2, 0.25) is 0 Å². The summed E-state index contributed by atoms with van der Waals surface area (Å²) in [4.78, 5) is 21.5. The number of pyridine rings is 1. The lowest BCUT2D eigenvalue weighted by Crippen LogP contribution is -2.39. The summed E-state index contributed by atoms with van der Waals surface area (Å²) in [6.45, 7) is 0. The molecule has 3 heterocycles. The molecule has 30 heavy (non-hydrogen) atoms. The summed E-state index contributed by atoms with van der Waals surface area (Å²) >= 11 is 0. The standard InChI is InChI=1S/C23H24N6O/c30-21(15-20-26-22(28-27-20)16-5-2-1-3-6-16)25-18-8-10-19(11-9-18)29-14-4-7-17-12-13-24-23(17)29/h1-7,12-14,18-19H,8-11,15H2,(H,25,30)(H,26,27,28). The minimum atomic E-state index is -0.0123. The van der Waals surface area contributed by atoms with Crippen molar-refractivity contribution in [3.05, 3.63) is 66.7 Å². The van der Waals surface area contributed by atoms with Crippen LogP contribution >= 0.6 is 0 Å². The van der Waals surface area contributed by atoms with Crippen LogP contribution in [0.1, 0.15) is 37.5 Å². The summed E-state index contributed by atoms with van der Waals surface area (Å²) in [6.07, 6.45) is 8.18. The van der Waals surface area contributed by atoms with E-state index in [-0.39, 0.29) is 18.4 Å². The van der Waals surface area contributed by atoms with Gasteiger partial charge in [0.1, 0.15) is 11.6 Å². The zero-order chi connectivity index (χ0) is 20.3. The number of hydrogen-bond acceptors (Lipinski definition) is 4. The summed E-state index contributed by atoms with van der Waals surface area (Å²) in [5, 5.41) is 10.3. The van der Waals surface area contributed by atoms with Gasteiger partial charge in [0.2, 0.25) is 5.91 Å². The van der Waals surface area contributed by atoms with Crippen molar-refractivity contribution in [2.45, 2.75) is 44.2 Å². The Labute approximate surface area is 174 Å². The van der Waals surface area contributed by atoms with Gasteiger partial charge in [-0.1, -0.05) is 30.3 Å². The molecule has 0 radical (unpaired) electrons. The van der Waals surface area contributed by atoms with Crippen molar-refractivity contribution in [2.75, 3.05) is 0 Å². The maximum absolute atomic E-state index is 12.5. The zero-order valence-corrected chi connectivity index (χ0v) is 16.7. The van der Waals surface area contributed by atoms with Crippen LogP contribution in [0.4, 0.5) is 0 Å². The quantitative estimate of drug-likeness (QED) is 0.536. The number of nitrogens with zero attached hydrogens (tertiary/aromatic N) is 4. The van der Waals surface area contributed by atoms with Gasteiger partial charge in [-0.25, -0.2) is 9.97 Å². The van der Waals surface area contributed by atoms with E-state index in [1.54, 1.807) is 0 Å². The van der Waals surface area contributed by atoms with Crippen LogP contribution in [0.5, 0.6) is 0 Å². The largest absolute Gasteiger partial charge is 0.353 e. The lowest BCUT2D eigenvalue weighted by molar-refractivity contribution is -0.121. The Morgan fingerprint density at radius 2 is 1.83 bits per heavy atom. The number of aromatic nitrogens is 5. The summed E-state index contributed by atoms with van der Waals surface area (Å²) in [6, 6.07) is 16.6. The molecule has 2 aliphatic heterocycles. The first-order valence-corrected chi connectivity index (χ1v) is 10.4. The highest BCUT2D eigenvalue weighted by Crippen LogP contribution is 2.32. The first-order valence-electron chi connectivity index (χ1n) is 10.4. The summed E-state index contributed by atoms with van der Waals surface area (Å²) < 4.78 is 2.28. The molecule has 7 heteroatoms. The van der Waals surface area contributed by atoms with Crippen LogP contribution in [0.3, 0.4) is 0 Å². The summed E-state index contributed by atoms with van der Waals surface area (Å²) in [7, 11) is 0. The average Bonchev–Trinajstić information content (AvgIpc) is 3.44. The van der Waals surface area contributed by atoms with E-state index in [0.717, 1.165) is 37.1 Å². The van der Waals surface area contributed by atoms with E-state index in [0.29, 0.717) is 17.7 Å². The van der Waals surface area contributed by atoms with Gasteiger partial charge in [0.25, 0.3) is 0 Å². The molecular weight excluding hydrogens is 376 g/mol. The van der Waals surface area contributed by atoms with E-state index < -0.39 is 0 Å². The van der Waals surface area contributed by atoms with Gasteiger partial charge in [-0.05, 0) is 43.9 Å². The fourth-order valence-electron chi connectivity index (χ4n) is 4.31. The molecular formula is C23H24N6O. The van der Waals surface area contributed by atoms with E-state index >= 15 is 0 Å². The van der Waals surface area contributed by atoms with Gasteiger partial charge in [0.15, 0.2) is 5.82 Å². The lowest BCUT2D eigenvalue weighted by atomic mass is 9.90. The summed E-state index contributed by atoms with van der Waals surface area (Å²) in [5.41, 5.74) is 2.11. The maximum Gasteiger partial charge on any atom is 0.227 e. The monoisotopic (exact) mass is 400 g/mol. The molecule has 0 spiro atoms. The molecule has 2 aromatic rings. The number of carbonyl (C=O) groups is 1. The first kappa shape index (κ1) is 18.5. The number of benzene rings is 1. The number of H-pyrrole nitrogens is 1. The molecule has 1 saturated carbocycles. The van der Waals surface area contributed by atoms with Crippen molar-refractivity contribution < 1.29 is 4.79 Å². The highest BCUT2D eigenvalue weighted by Gasteiger charge is 2.25. The fourth-order valence-corrected chi connectivity index (χ4v) is 4.31. The molecule has 3 aliphatic rings. The number of amides is 1. The van der Waals surface area contributed by atoms with Gasteiger partial charge in [0, 0.05) is 35.6 Å². The Morgan fingerprint density at radius 3 is 2.67 bits per heavy atom. The van der Waals surface area contributed by atoms with Crippen LogP contribution in [-0.4, -0.2) is 36.7 Å². The topological polar surface area (TPSA) is 88.5 Å². The number of hydrogen-bond donors (Lipinski definition) is 2. The van der Waals surface area contributed by atoms with Crippen molar-refractivity contribution in [1.29, 1.82) is 0 Å². The smallest absolute Gasteiger partial charge is 0.227 e. The van der Waals surface area contributed by atoms with Crippen LogP contribution in [0.15, 0.2) is 60.9 Å². The highest BCUT2D eigenvalue weighted by molar-refractivity contribution is 5.78. The normalized spacial score (nSPS) is 19.1. The van der Waals surface area contributed by atoms with Gasteiger partial charge in [-0.3, -0.25) is 9.89 Å². The van der Waals surface area contributed by atoms with Crippen LogP contribution in [0, 0.1) is 0 Å². The van der Waals surface area contributed by atoms with E-state index in [2.05, 4.69) is 48.4 Å². The van der Waals surface area contributed by atoms with Gasteiger partial charge in [-0.2, -0.15) is 5.10 Å². The van der Waals surface area contributed by atoms with Crippen molar-refractivity contribution in [2.24, 2.45) is 0 Å². The van der Waals surface area contributed by atoms with E-state index in [4.69, 9.17) is 0 Å². The van der Waals surface area contributed by atoms with Gasteiger partial charge in [0.05, 0.1) is 6.42 Å². The number of rotatable bonds is 5. The Hall–Kier alpha value is -3.48. The molecule has 0 atom stereocenters. The number of aromatic amines is 1. The van der Waals surface area contributed by atoms with Crippen molar-refractivity contribution >= 4 is 5.91 Å². The second kappa shape index (κ2) is 8.10. The molecule has 7 nitrogen and oxygen atoms in total. The van der Waals surface area contributed by atoms with E-state index in [1.807, 2.05) is 42.6 Å². The first-order chi connectivity index (χ1) is 14.8. The molecule has 2 N–H and O–H groups in total. The molecule has 1 fully saturated rings. The van der Waals surface area contributed by atoms with Crippen molar-refractivity contribution in [1.82, 2.24) is 30.0 Å². The highest BCUT2D eigenvalue weighted by atomic mass is 16.1. The van der Waals surface area contributed by atoms with Crippen LogP contribution < -0.4 is 5.32 Å². The Bertz CT molecular complexity index is 1090. The maximum atomic E-state index is 12.5. The van der Waals surface area contributed by atoms with Gasteiger partial charge >= 0.3 is 0 Å². The number of nitrogens with one attached hydrogen (secondary N) is 2. The number of carbonyl (C=O) groups excluding carboxylic acids is 1. The molecule has 0 saturated heterocycles. The molecule has 5 rings (SSSR count). The lowest BCUT2D eigenvalue weighted by Gasteiger charge is -2.31. The average molecular weight is 400 g/mol. The predicted molar refractivity (Wildman–Crippen MR) is 114 cm³/mol.